The molecule has 8 nitrogen and oxygen atoms in total. The van der Waals surface area contributed by atoms with Crippen LogP contribution < -0.4 is 11.3 Å². The molecule has 0 atom stereocenters. The summed E-state index contributed by atoms with van der Waals surface area (Å²) in [6.07, 6.45) is 2.85. The molecule has 10 heteroatoms. The Bertz CT molecular complexity index is 446. The number of rotatable bonds is 2. The second-order valence-electron chi connectivity index (χ2n) is 2.81. The lowest BCUT2D eigenvalue weighted by molar-refractivity contribution is -0.391. The number of nitrogens with zero attached hydrogens (tertiary/aromatic N) is 4. The molecule has 2 rings (SSSR count). The van der Waals surface area contributed by atoms with Crippen LogP contribution in [0.2, 0.25) is 0 Å². The minimum Gasteiger partial charge on any atom is -0.358 e. The Morgan fingerprint density at radius 1 is 1.69 bits per heavy atom. The van der Waals surface area contributed by atoms with Crippen LogP contribution in [0.1, 0.15) is 5.82 Å². The molecule has 0 fully saturated rings. The molecule has 0 saturated heterocycles. The molecule has 0 spiro atoms. The molecule has 88 valence electrons. The molecule has 16 heavy (non-hydrogen) atoms. The molecule has 2 heterocycles. The van der Waals surface area contributed by atoms with Crippen LogP contribution in [-0.2, 0) is 7.05 Å². The van der Waals surface area contributed by atoms with Crippen LogP contribution in [0.4, 0.5) is 5.82 Å². The van der Waals surface area contributed by atoms with Crippen molar-refractivity contribution in [1.29, 1.82) is 0 Å². The molecule has 0 saturated carbocycles. The van der Waals surface area contributed by atoms with E-state index in [0.29, 0.717) is 5.82 Å². The lowest BCUT2D eigenvalue weighted by Crippen LogP contribution is -2.30. The maximum absolute atomic E-state index is 10.6. The van der Waals surface area contributed by atoms with Crippen LogP contribution in [-0.4, -0.2) is 19.0 Å². The van der Waals surface area contributed by atoms with Crippen molar-refractivity contribution >= 4 is 35.1 Å². The van der Waals surface area contributed by atoms with E-state index in [1.807, 2.05) is 0 Å². The van der Waals surface area contributed by atoms with Crippen molar-refractivity contribution in [2.75, 3.05) is 0 Å². The number of hydrazine groups is 2. The van der Waals surface area contributed by atoms with Crippen LogP contribution >= 0.6 is 24.4 Å². The van der Waals surface area contributed by atoms with Crippen molar-refractivity contribution in [2.24, 2.45) is 12.9 Å². The van der Waals surface area contributed by atoms with Gasteiger partial charge in [-0.25, -0.2) is 15.4 Å². The van der Waals surface area contributed by atoms with E-state index in [1.165, 1.54) is 27.2 Å². The maximum Gasteiger partial charge on any atom is 0.342 e. The van der Waals surface area contributed by atoms with Gasteiger partial charge in [0.2, 0.25) is 5.82 Å². The first-order valence-electron chi connectivity index (χ1n) is 3.95. The molecule has 1 aliphatic rings. The van der Waals surface area contributed by atoms with E-state index in [1.54, 1.807) is 13.2 Å². The Kier molecular flexibility index (Phi) is 3.75. The van der Waals surface area contributed by atoms with E-state index in [0.717, 1.165) is 4.91 Å². The van der Waals surface area contributed by atoms with Crippen LogP contribution in [0.3, 0.4) is 0 Å². The van der Waals surface area contributed by atoms with Gasteiger partial charge >= 0.3 is 5.82 Å². The first-order chi connectivity index (χ1) is 7.09. The third-order valence-corrected chi connectivity index (χ3v) is 2.69. The number of hydrogen-bond donors (Lipinski definition) is 2. The lowest BCUT2D eigenvalue weighted by Gasteiger charge is -2.04. The van der Waals surface area contributed by atoms with E-state index in [2.05, 4.69) is 10.4 Å². The summed E-state index contributed by atoms with van der Waals surface area (Å²) in [5, 5.41) is 10.6. The number of imidazole rings is 1. The summed E-state index contributed by atoms with van der Waals surface area (Å²) >= 11 is 1.21. The van der Waals surface area contributed by atoms with Crippen LogP contribution in [0, 0.1) is 10.1 Å². The smallest absolute Gasteiger partial charge is 0.342 e. The fourth-order valence-corrected chi connectivity index (χ4v) is 1.88. The third kappa shape index (κ3) is 2.11. The van der Waals surface area contributed by atoms with Gasteiger partial charge < -0.3 is 15.5 Å². The molecular weight excluding hydrogens is 256 g/mol. The predicted molar refractivity (Wildman–Crippen MR) is 61.8 cm³/mol. The molecule has 0 bridgehead atoms. The van der Waals surface area contributed by atoms with E-state index >= 15 is 0 Å². The van der Waals surface area contributed by atoms with Crippen molar-refractivity contribution in [3.8, 4) is 0 Å². The van der Waals surface area contributed by atoms with Crippen molar-refractivity contribution < 1.29 is 4.92 Å². The fourth-order valence-electron chi connectivity index (χ4n) is 1.19. The number of aromatic nitrogens is 2. The average Bonchev–Trinajstić information content (AvgIpc) is 2.71. The predicted octanol–water partition coefficient (Wildman–Crippen LogP) is 0.391. The van der Waals surface area contributed by atoms with Gasteiger partial charge in [-0.1, -0.05) is 4.52 Å². The van der Waals surface area contributed by atoms with Crippen LogP contribution in [0.25, 0.3) is 4.91 Å². The topological polar surface area (TPSA) is 102 Å². The normalized spacial score (nSPS) is 15.2. The summed E-state index contributed by atoms with van der Waals surface area (Å²) in [4.78, 5) is 14.8. The highest BCUT2D eigenvalue weighted by molar-refractivity contribution is 8.06. The van der Waals surface area contributed by atoms with Gasteiger partial charge in [0.15, 0.2) is 0 Å². The molecule has 0 aromatic carbocycles. The van der Waals surface area contributed by atoms with Gasteiger partial charge in [-0.2, -0.15) is 0 Å². The highest BCUT2D eigenvalue weighted by Gasteiger charge is 2.24. The first kappa shape index (κ1) is 12.8. The Morgan fingerprint density at radius 3 is 2.81 bits per heavy atom. The quantitative estimate of drug-likeness (QED) is 0.345. The number of halogens is 1. The summed E-state index contributed by atoms with van der Waals surface area (Å²) in [6, 6.07) is 0. The van der Waals surface area contributed by atoms with Gasteiger partial charge in [0.05, 0.1) is 7.05 Å². The largest absolute Gasteiger partial charge is 0.358 e. The summed E-state index contributed by atoms with van der Waals surface area (Å²) in [7, 11) is 1.58. The van der Waals surface area contributed by atoms with E-state index in [-0.39, 0.29) is 18.2 Å². The molecule has 3 N–H and O–H groups in total. The minimum absolute atomic E-state index is 0. The Hall–Kier alpha value is -1.29. The third-order valence-electron chi connectivity index (χ3n) is 1.89. The Balaban J connectivity index is 0.00000128. The summed E-state index contributed by atoms with van der Waals surface area (Å²) in [6.45, 7) is 0. The van der Waals surface area contributed by atoms with E-state index in [4.69, 9.17) is 5.84 Å². The van der Waals surface area contributed by atoms with Crippen molar-refractivity contribution in [1.82, 2.24) is 19.5 Å². The molecular formula is C6H9ClN6O2S. The van der Waals surface area contributed by atoms with Gasteiger partial charge in [-0.15, -0.1) is 12.4 Å². The van der Waals surface area contributed by atoms with Gasteiger partial charge in [0.25, 0.3) is 0 Å². The van der Waals surface area contributed by atoms with Crippen molar-refractivity contribution in [2.45, 2.75) is 0 Å². The van der Waals surface area contributed by atoms with Crippen molar-refractivity contribution in [3.63, 3.8) is 0 Å². The summed E-state index contributed by atoms with van der Waals surface area (Å²) < 4.78 is 2.69. The number of nitrogens with one attached hydrogen (secondary N) is 1. The molecule has 0 aliphatic carbocycles. The average molecular weight is 265 g/mol. The molecule has 0 amide bonds. The molecule has 1 aliphatic heterocycles. The van der Waals surface area contributed by atoms with E-state index in [9.17, 15) is 10.1 Å². The molecule has 1 aromatic rings. The highest BCUT2D eigenvalue weighted by atomic mass is 35.5. The maximum atomic E-state index is 10.6. The van der Waals surface area contributed by atoms with Gasteiger partial charge in [-0.3, -0.25) is 0 Å². The minimum atomic E-state index is -0.482. The number of hydrogen-bond acceptors (Lipinski definition) is 7. The van der Waals surface area contributed by atoms with Gasteiger partial charge in [0.1, 0.15) is 11.1 Å². The standard InChI is InChI=1S/C6H8N6O2S.ClH/c1-10-5(11(13)14)3-8-6(10)4-2-9-12(7)15-4;/h2-3,9H,7H2,1H3;1H. The number of nitrogens with two attached hydrogens (primary N) is 1. The Morgan fingerprint density at radius 2 is 2.38 bits per heavy atom. The molecule has 0 radical (unpaired) electrons. The second kappa shape index (κ2) is 4.70. The first-order valence-corrected chi connectivity index (χ1v) is 4.72. The number of nitro groups is 1. The fraction of sp³-hybridized carbons (Fsp3) is 0.167. The summed E-state index contributed by atoms with van der Waals surface area (Å²) in [5.74, 6) is 5.89. The molecule has 0 unspecified atom stereocenters. The zero-order valence-electron chi connectivity index (χ0n) is 8.15. The summed E-state index contributed by atoms with van der Waals surface area (Å²) in [5.41, 5.74) is 2.72. The van der Waals surface area contributed by atoms with Gasteiger partial charge in [0, 0.05) is 18.1 Å². The monoisotopic (exact) mass is 264 g/mol. The molecule has 1 aromatic heterocycles. The highest BCUT2D eigenvalue weighted by Crippen LogP contribution is 2.31. The van der Waals surface area contributed by atoms with Crippen LogP contribution in [0.5, 0.6) is 0 Å². The zero-order chi connectivity index (χ0) is 11.0. The zero-order valence-corrected chi connectivity index (χ0v) is 9.79. The lowest BCUT2D eigenvalue weighted by atomic mass is 10.5. The Labute approximate surface area is 101 Å². The SMILES string of the molecule is Cl.Cn1c([N+](=O)[O-])cnc1C1=CNN(N)S1. The van der Waals surface area contributed by atoms with Crippen LogP contribution in [0.15, 0.2) is 12.4 Å². The van der Waals surface area contributed by atoms with E-state index < -0.39 is 4.92 Å². The second-order valence-corrected chi connectivity index (χ2v) is 3.83. The van der Waals surface area contributed by atoms with Crippen molar-refractivity contribution in [3.05, 3.63) is 28.3 Å². The van der Waals surface area contributed by atoms with Gasteiger partial charge in [-0.05, 0) is 4.92 Å².